The lowest BCUT2D eigenvalue weighted by Gasteiger charge is -2.35. The second-order valence-electron chi connectivity index (χ2n) is 4.40. The number of aromatic nitrogens is 1. The van der Waals surface area contributed by atoms with Crippen LogP contribution in [-0.2, 0) is 4.79 Å². The number of pyridine rings is 1. The molecule has 3 N–H and O–H groups in total. The zero-order valence-corrected chi connectivity index (χ0v) is 11.1. The number of hydrogen-bond acceptors (Lipinski definition) is 4. The van der Waals surface area contributed by atoms with Crippen molar-refractivity contribution in [3.05, 3.63) is 17.3 Å². The first kappa shape index (κ1) is 13.0. The van der Waals surface area contributed by atoms with Gasteiger partial charge in [0.25, 0.3) is 0 Å². The monoisotopic (exact) mass is 268 g/mol. The predicted molar refractivity (Wildman–Crippen MR) is 72.7 cm³/mol. The van der Waals surface area contributed by atoms with Gasteiger partial charge in [0.05, 0.1) is 0 Å². The van der Waals surface area contributed by atoms with Gasteiger partial charge in [0, 0.05) is 25.3 Å². The summed E-state index contributed by atoms with van der Waals surface area (Å²) in [5.74, 6) is 0.684. The average Bonchev–Trinajstić information content (AvgIpc) is 2.36. The molecular formula is C12H17ClN4O. The summed E-state index contributed by atoms with van der Waals surface area (Å²) >= 11 is 5.91. The van der Waals surface area contributed by atoms with Crippen LogP contribution in [0.2, 0.25) is 5.15 Å². The second-order valence-corrected chi connectivity index (χ2v) is 4.79. The number of rotatable bonds is 2. The molecule has 1 unspecified atom stereocenters. The number of likely N-dealkylation sites (N-methyl/N-ethyl adjacent to an activating group) is 1. The van der Waals surface area contributed by atoms with Crippen LogP contribution in [0.4, 0.5) is 11.5 Å². The molecule has 2 rings (SSSR count). The van der Waals surface area contributed by atoms with Crippen molar-refractivity contribution in [2.75, 3.05) is 24.2 Å². The molecule has 18 heavy (non-hydrogen) atoms. The van der Waals surface area contributed by atoms with Crippen LogP contribution in [0.1, 0.15) is 19.3 Å². The van der Waals surface area contributed by atoms with Gasteiger partial charge in [-0.2, -0.15) is 0 Å². The summed E-state index contributed by atoms with van der Waals surface area (Å²) in [4.78, 5) is 18.1. The number of hydrogen-bond donors (Lipinski definition) is 2. The number of carbonyl (C=O) groups excluding carboxylic acids is 1. The lowest BCUT2D eigenvalue weighted by Crippen LogP contribution is -2.49. The Labute approximate surface area is 111 Å². The number of nitrogens with zero attached hydrogens (tertiary/aromatic N) is 2. The standard InChI is InChI=1S/C12H17ClN4O/c1-15-12(18)9-4-2-3-5-17(9)11-7-8(14)6-10(13)16-11/h6-7,9H,2-5H2,1H3,(H2,14,16)(H,15,18). The highest BCUT2D eigenvalue weighted by Crippen LogP contribution is 2.26. The molecule has 1 aromatic heterocycles. The molecule has 1 aliphatic heterocycles. The summed E-state index contributed by atoms with van der Waals surface area (Å²) in [6.07, 6.45) is 2.92. The lowest BCUT2D eigenvalue weighted by molar-refractivity contribution is -0.122. The quantitative estimate of drug-likeness (QED) is 0.796. The summed E-state index contributed by atoms with van der Waals surface area (Å²) in [5.41, 5.74) is 6.33. The molecular weight excluding hydrogens is 252 g/mol. The van der Waals surface area contributed by atoms with E-state index in [2.05, 4.69) is 10.3 Å². The molecule has 1 aliphatic rings. The minimum absolute atomic E-state index is 0.00930. The molecule has 1 saturated heterocycles. The molecule has 0 bridgehead atoms. The molecule has 1 atom stereocenters. The Morgan fingerprint density at radius 3 is 3.00 bits per heavy atom. The lowest BCUT2D eigenvalue weighted by atomic mass is 10.0. The number of halogens is 1. The Bertz CT molecular complexity index is 431. The van der Waals surface area contributed by atoms with Gasteiger partial charge in [-0.25, -0.2) is 4.98 Å². The van der Waals surface area contributed by atoms with Gasteiger partial charge in [-0.15, -0.1) is 0 Å². The summed E-state index contributed by atoms with van der Waals surface area (Å²) in [7, 11) is 1.65. The number of carbonyl (C=O) groups is 1. The van der Waals surface area contributed by atoms with Gasteiger partial charge in [0.15, 0.2) is 0 Å². The number of piperidine rings is 1. The van der Waals surface area contributed by atoms with Crippen molar-refractivity contribution < 1.29 is 4.79 Å². The SMILES string of the molecule is CNC(=O)C1CCCCN1c1cc(N)cc(Cl)n1. The molecule has 0 aromatic carbocycles. The van der Waals surface area contributed by atoms with Crippen molar-refractivity contribution in [2.45, 2.75) is 25.3 Å². The van der Waals surface area contributed by atoms with Crippen LogP contribution >= 0.6 is 11.6 Å². The average molecular weight is 269 g/mol. The molecule has 0 radical (unpaired) electrons. The van der Waals surface area contributed by atoms with E-state index in [-0.39, 0.29) is 11.9 Å². The smallest absolute Gasteiger partial charge is 0.242 e. The molecule has 0 spiro atoms. The molecule has 1 amide bonds. The molecule has 98 valence electrons. The van der Waals surface area contributed by atoms with Crippen LogP contribution in [0.3, 0.4) is 0 Å². The van der Waals surface area contributed by atoms with E-state index in [0.717, 1.165) is 25.8 Å². The van der Waals surface area contributed by atoms with Gasteiger partial charge in [-0.3, -0.25) is 4.79 Å². The number of nitrogen functional groups attached to an aromatic ring is 1. The van der Waals surface area contributed by atoms with E-state index in [1.54, 1.807) is 19.2 Å². The van der Waals surface area contributed by atoms with Crippen molar-refractivity contribution in [1.29, 1.82) is 0 Å². The van der Waals surface area contributed by atoms with Gasteiger partial charge in [-0.1, -0.05) is 11.6 Å². The highest BCUT2D eigenvalue weighted by molar-refractivity contribution is 6.29. The van der Waals surface area contributed by atoms with E-state index in [9.17, 15) is 4.79 Å². The fourth-order valence-electron chi connectivity index (χ4n) is 2.29. The van der Waals surface area contributed by atoms with Gasteiger partial charge < -0.3 is 16.0 Å². The zero-order valence-electron chi connectivity index (χ0n) is 10.3. The number of amides is 1. The summed E-state index contributed by atoms with van der Waals surface area (Å²) in [6, 6.07) is 3.17. The maximum Gasteiger partial charge on any atom is 0.242 e. The van der Waals surface area contributed by atoms with Crippen LogP contribution < -0.4 is 16.0 Å². The zero-order chi connectivity index (χ0) is 13.1. The molecule has 1 aromatic rings. The molecule has 0 saturated carbocycles. The Balaban J connectivity index is 2.30. The summed E-state index contributed by atoms with van der Waals surface area (Å²) < 4.78 is 0. The third kappa shape index (κ3) is 2.67. The summed E-state index contributed by atoms with van der Waals surface area (Å²) in [6.45, 7) is 0.796. The van der Waals surface area contributed by atoms with Crippen molar-refractivity contribution >= 4 is 29.0 Å². The number of anilines is 2. The van der Waals surface area contributed by atoms with Crippen LogP contribution in [0.15, 0.2) is 12.1 Å². The van der Waals surface area contributed by atoms with Gasteiger partial charge in [0.2, 0.25) is 5.91 Å². The minimum atomic E-state index is -0.186. The van der Waals surface area contributed by atoms with E-state index in [1.807, 2.05) is 4.90 Å². The van der Waals surface area contributed by atoms with Crippen molar-refractivity contribution in [2.24, 2.45) is 0 Å². The highest BCUT2D eigenvalue weighted by atomic mass is 35.5. The van der Waals surface area contributed by atoms with Crippen LogP contribution in [-0.4, -0.2) is 30.5 Å². The molecule has 6 heteroatoms. The van der Waals surface area contributed by atoms with E-state index >= 15 is 0 Å². The molecule has 1 fully saturated rings. The first-order chi connectivity index (χ1) is 8.61. The second kappa shape index (κ2) is 5.44. The van der Waals surface area contributed by atoms with Crippen LogP contribution in [0, 0.1) is 0 Å². The van der Waals surface area contributed by atoms with Gasteiger partial charge in [-0.05, 0) is 25.3 Å². The Morgan fingerprint density at radius 1 is 1.56 bits per heavy atom. The van der Waals surface area contributed by atoms with E-state index in [4.69, 9.17) is 17.3 Å². The van der Waals surface area contributed by atoms with Crippen molar-refractivity contribution in [3.8, 4) is 0 Å². The number of nitrogens with one attached hydrogen (secondary N) is 1. The summed E-state index contributed by atoms with van der Waals surface area (Å²) in [5, 5.41) is 3.04. The fraction of sp³-hybridized carbons (Fsp3) is 0.500. The maximum atomic E-state index is 11.9. The van der Waals surface area contributed by atoms with E-state index < -0.39 is 0 Å². The topological polar surface area (TPSA) is 71.2 Å². The molecule has 0 aliphatic carbocycles. The van der Waals surface area contributed by atoms with Crippen LogP contribution in [0.25, 0.3) is 0 Å². The Kier molecular flexibility index (Phi) is 3.91. The van der Waals surface area contributed by atoms with E-state index in [1.165, 1.54) is 0 Å². The highest BCUT2D eigenvalue weighted by Gasteiger charge is 2.29. The third-order valence-corrected chi connectivity index (χ3v) is 3.34. The van der Waals surface area contributed by atoms with E-state index in [0.29, 0.717) is 16.7 Å². The molecule has 2 heterocycles. The van der Waals surface area contributed by atoms with Crippen molar-refractivity contribution in [3.63, 3.8) is 0 Å². The maximum absolute atomic E-state index is 11.9. The third-order valence-electron chi connectivity index (χ3n) is 3.15. The van der Waals surface area contributed by atoms with Crippen molar-refractivity contribution in [1.82, 2.24) is 10.3 Å². The Morgan fingerprint density at radius 2 is 2.33 bits per heavy atom. The predicted octanol–water partition coefficient (Wildman–Crippen LogP) is 1.42. The van der Waals surface area contributed by atoms with Gasteiger partial charge >= 0.3 is 0 Å². The van der Waals surface area contributed by atoms with Crippen LogP contribution in [0.5, 0.6) is 0 Å². The first-order valence-electron chi connectivity index (χ1n) is 6.03. The molecule has 5 nitrogen and oxygen atoms in total. The fourth-order valence-corrected chi connectivity index (χ4v) is 2.51. The van der Waals surface area contributed by atoms with Gasteiger partial charge in [0.1, 0.15) is 17.0 Å². The Hall–Kier alpha value is -1.49. The number of nitrogens with two attached hydrogens (primary N) is 1. The first-order valence-corrected chi connectivity index (χ1v) is 6.41. The normalized spacial score (nSPS) is 19.7. The minimum Gasteiger partial charge on any atom is -0.399 e. The largest absolute Gasteiger partial charge is 0.399 e.